The van der Waals surface area contributed by atoms with Crippen molar-refractivity contribution in [2.24, 2.45) is 0 Å². The van der Waals surface area contributed by atoms with Gasteiger partial charge in [-0.15, -0.1) is 0 Å². The van der Waals surface area contributed by atoms with Crippen LogP contribution in [0.25, 0.3) is 11.0 Å². The molecule has 206 valence electrons. The van der Waals surface area contributed by atoms with Crippen molar-refractivity contribution in [3.8, 4) is 17.2 Å². The Hall–Kier alpha value is -2.69. The molecule has 1 aromatic carbocycles. The quantitative estimate of drug-likeness (QED) is 0.113. The second-order valence-electron chi connectivity index (χ2n) is 10.3. The highest BCUT2D eigenvalue weighted by atomic mass is 16.5. The van der Waals surface area contributed by atoms with Crippen molar-refractivity contribution in [3.63, 3.8) is 0 Å². The first kappa shape index (κ1) is 30.5. The maximum Gasteiger partial charge on any atom is 0.383 e. The lowest BCUT2D eigenvalue weighted by atomic mass is 10.1. The molecule has 2 rings (SSSR count). The van der Waals surface area contributed by atoms with E-state index < -0.39 is 5.63 Å². The van der Waals surface area contributed by atoms with Crippen molar-refractivity contribution in [3.05, 3.63) is 51.9 Å². The van der Waals surface area contributed by atoms with E-state index >= 15 is 0 Å². The third-order valence-electron chi connectivity index (χ3n) is 6.17. The minimum atomic E-state index is -0.532. The molecule has 0 aliphatic heterocycles. The minimum Gasteiger partial charge on any atom is -0.490 e. The lowest BCUT2D eigenvalue weighted by Gasteiger charge is -2.17. The first-order chi connectivity index (χ1) is 17.8. The standard InChI is InChI=1S/C32H48O5/c1-7-8-9-10-11-12-13-14-22-34-30-29-27(36-25(4)5)19-16-20-28(29)37-32(33)31(30)35-23-21-26(6)18-15-17-24(2)3/h16-17,19-21,25H,7-15,18,22-23H2,1-6H3/b26-21+. The first-order valence-electron chi connectivity index (χ1n) is 14.1. The van der Waals surface area contributed by atoms with Gasteiger partial charge in [0.05, 0.1) is 12.7 Å². The zero-order valence-corrected chi connectivity index (χ0v) is 24.0. The molecule has 0 saturated heterocycles. The molecule has 0 saturated carbocycles. The summed E-state index contributed by atoms with van der Waals surface area (Å²) in [5.41, 5.74) is 2.44. The van der Waals surface area contributed by atoms with Crippen LogP contribution in [0.2, 0.25) is 0 Å². The molecule has 0 fully saturated rings. The van der Waals surface area contributed by atoms with Gasteiger partial charge in [-0.25, -0.2) is 4.79 Å². The van der Waals surface area contributed by atoms with Crippen molar-refractivity contribution in [2.45, 2.75) is 112 Å². The van der Waals surface area contributed by atoms with E-state index in [1.807, 2.05) is 32.1 Å². The number of benzene rings is 1. The lowest BCUT2D eigenvalue weighted by molar-refractivity contribution is 0.241. The van der Waals surface area contributed by atoms with Gasteiger partial charge in [-0.2, -0.15) is 0 Å². The molecule has 0 amide bonds. The van der Waals surface area contributed by atoms with Gasteiger partial charge in [-0.3, -0.25) is 0 Å². The molecular weight excluding hydrogens is 464 g/mol. The predicted molar refractivity (Wildman–Crippen MR) is 154 cm³/mol. The first-order valence-corrected chi connectivity index (χ1v) is 14.1. The van der Waals surface area contributed by atoms with Gasteiger partial charge in [0.1, 0.15) is 23.3 Å². The SMILES string of the molecule is CCCCCCCCCCOc1c(OC/C=C(\C)CCC=C(C)C)c(=O)oc2cccc(OC(C)C)c12. The molecule has 0 atom stereocenters. The van der Waals surface area contributed by atoms with Crippen LogP contribution in [0.3, 0.4) is 0 Å². The molecule has 0 N–H and O–H groups in total. The highest BCUT2D eigenvalue weighted by Gasteiger charge is 2.21. The number of hydrogen-bond donors (Lipinski definition) is 0. The maximum atomic E-state index is 12.9. The monoisotopic (exact) mass is 512 g/mol. The van der Waals surface area contributed by atoms with E-state index in [0.29, 0.717) is 29.1 Å². The molecule has 0 bridgehead atoms. The molecule has 0 unspecified atom stereocenters. The molecule has 0 radical (unpaired) electrons. The minimum absolute atomic E-state index is 0.0335. The summed E-state index contributed by atoms with van der Waals surface area (Å²) in [4.78, 5) is 12.9. The molecular formula is C32H48O5. The fourth-order valence-corrected chi connectivity index (χ4v) is 4.15. The van der Waals surface area contributed by atoms with Crippen LogP contribution >= 0.6 is 0 Å². The lowest BCUT2D eigenvalue weighted by Crippen LogP contribution is -2.12. The van der Waals surface area contributed by atoms with Gasteiger partial charge >= 0.3 is 5.63 Å². The molecule has 0 aliphatic rings. The molecule has 37 heavy (non-hydrogen) atoms. The number of ether oxygens (including phenoxy) is 3. The van der Waals surface area contributed by atoms with Crippen LogP contribution in [0.5, 0.6) is 17.2 Å². The van der Waals surface area contributed by atoms with Crippen molar-refractivity contribution in [1.29, 1.82) is 0 Å². The van der Waals surface area contributed by atoms with Crippen LogP contribution < -0.4 is 19.8 Å². The van der Waals surface area contributed by atoms with Crippen molar-refractivity contribution in [1.82, 2.24) is 0 Å². The summed E-state index contributed by atoms with van der Waals surface area (Å²) in [6.45, 7) is 13.3. The van der Waals surface area contributed by atoms with E-state index in [1.165, 1.54) is 49.7 Å². The van der Waals surface area contributed by atoms with Gasteiger partial charge < -0.3 is 18.6 Å². The summed E-state index contributed by atoms with van der Waals surface area (Å²) in [6.07, 6.45) is 15.8. The van der Waals surface area contributed by atoms with E-state index in [0.717, 1.165) is 25.7 Å². The van der Waals surface area contributed by atoms with Gasteiger partial charge in [0.2, 0.25) is 5.75 Å². The van der Waals surface area contributed by atoms with E-state index in [4.69, 9.17) is 18.6 Å². The van der Waals surface area contributed by atoms with Gasteiger partial charge in [0.15, 0.2) is 5.75 Å². The van der Waals surface area contributed by atoms with E-state index in [1.54, 1.807) is 6.07 Å². The summed E-state index contributed by atoms with van der Waals surface area (Å²) in [5, 5.41) is 0.648. The molecule has 1 aromatic heterocycles. The van der Waals surface area contributed by atoms with Crippen LogP contribution in [0.4, 0.5) is 0 Å². The number of hydrogen-bond acceptors (Lipinski definition) is 5. The largest absolute Gasteiger partial charge is 0.490 e. The Morgan fingerprint density at radius 2 is 1.62 bits per heavy atom. The van der Waals surface area contributed by atoms with Crippen LogP contribution in [0.1, 0.15) is 106 Å². The predicted octanol–water partition coefficient (Wildman–Crippen LogP) is 9.17. The average molecular weight is 513 g/mol. The summed E-state index contributed by atoms with van der Waals surface area (Å²) in [7, 11) is 0. The Balaban J connectivity index is 2.18. The smallest absolute Gasteiger partial charge is 0.383 e. The fourth-order valence-electron chi connectivity index (χ4n) is 4.15. The Kier molecular flexibility index (Phi) is 14.0. The highest BCUT2D eigenvalue weighted by molar-refractivity contribution is 5.91. The summed E-state index contributed by atoms with van der Waals surface area (Å²) >= 11 is 0. The highest BCUT2D eigenvalue weighted by Crippen LogP contribution is 2.39. The Bertz CT molecular complexity index is 1060. The summed E-state index contributed by atoms with van der Waals surface area (Å²) in [6, 6.07) is 5.47. The molecule has 5 heteroatoms. The number of unbranched alkanes of at least 4 members (excludes halogenated alkanes) is 7. The van der Waals surface area contributed by atoms with Crippen LogP contribution in [0.15, 0.2) is 50.7 Å². The third-order valence-corrected chi connectivity index (χ3v) is 6.17. The maximum absolute atomic E-state index is 12.9. The normalized spacial score (nSPS) is 11.7. The van der Waals surface area contributed by atoms with Gasteiger partial charge in [0.25, 0.3) is 0 Å². The molecule has 0 aliphatic carbocycles. The Morgan fingerprint density at radius 3 is 2.30 bits per heavy atom. The second-order valence-corrected chi connectivity index (χ2v) is 10.3. The molecule has 2 aromatic rings. The Morgan fingerprint density at radius 1 is 0.919 bits per heavy atom. The number of rotatable bonds is 18. The third kappa shape index (κ3) is 11.1. The number of fused-ring (bicyclic) bond motifs is 1. The zero-order chi connectivity index (χ0) is 27.0. The second kappa shape index (κ2) is 16.9. The summed E-state index contributed by atoms with van der Waals surface area (Å²) in [5.74, 6) is 1.15. The van der Waals surface area contributed by atoms with E-state index in [9.17, 15) is 4.79 Å². The van der Waals surface area contributed by atoms with Gasteiger partial charge in [-0.1, -0.05) is 75.2 Å². The Labute approximate surface area is 223 Å². The zero-order valence-electron chi connectivity index (χ0n) is 24.0. The van der Waals surface area contributed by atoms with E-state index in [2.05, 4.69) is 33.8 Å². The van der Waals surface area contributed by atoms with E-state index in [-0.39, 0.29) is 18.5 Å². The molecule has 1 heterocycles. The molecule has 5 nitrogen and oxygen atoms in total. The van der Waals surface area contributed by atoms with Gasteiger partial charge in [-0.05, 0) is 72.1 Å². The average Bonchev–Trinajstić information content (AvgIpc) is 2.83. The topological polar surface area (TPSA) is 57.9 Å². The fraction of sp³-hybridized carbons (Fsp3) is 0.594. The van der Waals surface area contributed by atoms with Gasteiger partial charge in [0, 0.05) is 0 Å². The van der Waals surface area contributed by atoms with Crippen LogP contribution in [-0.4, -0.2) is 19.3 Å². The summed E-state index contributed by atoms with van der Waals surface area (Å²) < 4.78 is 23.9. The molecule has 0 spiro atoms. The van der Waals surface area contributed by atoms with Crippen molar-refractivity contribution >= 4 is 11.0 Å². The van der Waals surface area contributed by atoms with Crippen molar-refractivity contribution in [2.75, 3.05) is 13.2 Å². The number of allylic oxidation sites excluding steroid dienone is 3. The van der Waals surface area contributed by atoms with Crippen LogP contribution in [0, 0.1) is 0 Å². The van der Waals surface area contributed by atoms with Crippen LogP contribution in [-0.2, 0) is 0 Å². The van der Waals surface area contributed by atoms with Crippen molar-refractivity contribution < 1.29 is 18.6 Å².